The molecule has 188 valence electrons. The first kappa shape index (κ1) is 26.0. The van der Waals surface area contributed by atoms with Crippen LogP contribution in [0.25, 0.3) is 0 Å². The zero-order valence-electron chi connectivity index (χ0n) is 20.3. The van der Waals surface area contributed by atoms with Crippen LogP contribution in [0, 0.1) is 6.92 Å². The number of anilines is 3. The SMILES string of the molecule is Cc1cc(C(=O)Nc2ccc(Cl)cc2)ccc1N(CCN1CCCCC1)C(=O)Nc1ccc(Cl)cc1. The summed E-state index contributed by atoms with van der Waals surface area (Å²) in [6, 6.07) is 19.2. The third-order valence-corrected chi connectivity index (χ3v) is 6.78. The van der Waals surface area contributed by atoms with Crippen molar-refractivity contribution in [3.8, 4) is 0 Å². The van der Waals surface area contributed by atoms with Crippen molar-refractivity contribution in [2.75, 3.05) is 41.7 Å². The van der Waals surface area contributed by atoms with Crippen LogP contribution >= 0.6 is 23.2 Å². The predicted octanol–water partition coefficient (Wildman–Crippen LogP) is 7.08. The van der Waals surface area contributed by atoms with Crippen molar-refractivity contribution >= 4 is 52.2 Å². The third-order valence-electron chi connectivity index (χ3n) is 6.28. The van der Waals surface area contributed by atoms with Gasteiger partial charge in [-0.1, -0.05) is 29.6 Å². The summed E-state index contributed by atoms with van der Waals surface area (Å²) in [4.78, 5) is 30.3. The van der Waals surface area contributed by atoms with Crippen molar-refractivity contribution in [1.29, 1.82) is 0 Å². The minimum atomic E-state index is -0.226. The summed E-state index contributed by atoms with van der Waals surface area (Å²) in [6.07, 6.45) is 3.64. The second-order valence-corrected chi connectivity index (χ2v) is 9.83. The number of halogens is 2. The molecular formula is C28H30Cl2N4O2. The number of amides is 3. The molecule has 0 spiro atoms. The highest BCUT2D eigenvalue weighted by molar-refractivity contribution is 6.31. The van der Waals surface area contributed by atoms with Gasteiger partial charge < -0.3 is 15.5 Å². The molecule has 1 heterocycles. The number of nitrogens with one attached hydrogen (secondary N) is 2. The van der Waals surface area contributed by atoms with Crippen LogP contribution in [0.15, 0.2) is 66.7 Å². The fourth-order valence-electron chi connectivity index (χ4n) is 4.32. The first-order chi connectivity index (χ1) is 17.4. The molecule has 8 heteroatoms. The summed E-state index contributed by atoms with van der Waals surface area (Å²) in [5.74, 6) is -0.225. The second-order valence-electron chi connectivity index (χ2n) is 8.95. The van der Waals surface area contributed by atoms with Gasteiger partial charge in [-0.15, -0.1) is 0 Å². The van der Waals surface area contributed by atoms with Crippen LogP contribution in [0.4, 0.5) is 21.9 Å². The summed E-state index contributed by atoms with van der Waals surface area (Å²) >= 11 is 11.9. The Balaban J connectivity index is 1.52. The number of aryl methyl sites for hydroxylation is 1. The van der Waals surface area contributed by atoms with Crippen LogP contribution in [0.3, 0.4) is 0 Å². The number of rotatable bonds is 7. The van der Waals surface area contributed by atoms with E-state index in [9.17, 15) is 9.59 Å². The minimum absolute atomic E-state index is 0.225. The average molecular weight is 525 g/mol. The largest absolute Gasteiger partial charge is 0.326 e. The van der Waals surface area contributed by atoms with Crippen LogP contribution in [0.1, 0.15) is 35.2 Å². The Labute approximate surface area is 222 Å². The van der Waals surface area contributed by atoms with Crippen molar-refractivity contribution in [3.05, 3.63) is 87.9 Å². The topological polar surface area (TPSA) is 64.7 Å². The molecule has 3 aromatic carbocycles. The number of urea groups is 1. The van der Waals surface area contributed by atoms with Gasteiger partial charge >= 0.3 is 6.03 Å². The maximum absolute atomic E-state index is 13.4. The number of benzene rings is 3. The Morgan fingerprint density at radius 1 is 0.833 bits per heavy atom. The molecule has 1 saturated heterocycles. The molecule has 0 aromatic heterocycles. The lowest BCUT2D eigenvalue weighted by molar-refractivity contribution is 0.102. The van der Waals surface area contributed by atoms with E-state index in [0.717, 1.165) is 30.9 Å². The van der Waals surface area contributed by atoms with Crippen LogP contribution in [0.2, 0.25) is 10.0 Å². The molecule has 0 aliphatic carbocycles. The van der Waals surface area contributed by atoms with Gasteiger partial charge in [0.2, 0.25) is 0 Å². The quantitative estimate of drug-likeness (QED) is 0.347. The monoisotopic (exact) mass is 524 g/mol. The molecule has 0 bridgehead atoms. The lowest BCUT2D eigenvalue weighted by Crippen LogP contribution is -2.42. The minimum Gasteiger partial charge on any atom is -0.322 e. The standard InChI is InChI=1S/C28H30Cl2N4O2/c1-20-19-21(27(35)31-24-10-6-22(29)7-11-24)5-14-26(20)34(18-17-33-15-3-2-4-16-33)28(36)32-25-12-8-23(30)9-13-25/h5-14,19H,2-4,15-18H2,1H3,(H,31,35)(H,32,36). The molecular weight excluding hydrogens is 495 g/mol. The van der Waals surface area contributed by atoms with Crippen molar-refractivity contribution in [2.24, 2.45) is 0 Å². The van der Waals surface area contributed by atoms with Crippen molar-refractivity contribution in [1.82, 2.24) is 4.90 Å². The molecule has 1 aliphatic heterocycles. The number of carbonyl (C=O) groups excluding carboxylic acids is 2. The molecule has 0 unspecified atom stereocenters. The van der Waals surface area contributed by atoms with Crippen LogP contribution in [-0.2, 0) is 0 Å². The number of likely N-dealkylation sites (tertiary alicyclic amines) is 1. The molecule has 0 radical (unpaired) electrons. The summed E-state index contributed by atoms with van der Waals surface area (Å²) in [7, 11) is 0. The fourth-order valence-corrected chi connectivity index (χ4v) is 4.57. The maximum atomic E-state index is 13.4. The van der Waals surface area contributed by atoms with Gasteiger partial charge in [0.1, 0.15) is 0 Å². The first-order valence-electron chi connectivity index (χ1n) is 12.1. The lowest BCUT2D eigenvalue weighted by Gasteiger charge is -2.31. The molecule has 6 nitrogen and oxygen atoms in total. The summed E-state index contributed by atoms with van der Waals surface area (Å²) in [5, 5.41) is 7.07. The van der Waals surface area contributed by atoms with Gasteiger partial charge in [0.05, 0.1) is 0 Å². The van der Waals surface area contributed by atoms with Gasteiger partial charge in [0, 0.05) is 45.8 Å². The highest BCUT2D eigenvalue weighted by atomic mass is 35.5. The van der Waals surface area contributed by atoms with Crippen LogP contribution in [0.5, 0.6) is 0 Å². The van der Waals surface area contributed by atoms with E-state index in [0.29, 0.717) is 33.5 Å². The zero-order valence-corrected chi connectivity index (χ0v) is 21.8. The van der Waals surface area contributed by atoms with Crippen LogP contribution in [-0.4, -0.2) is 43.0 Å². The Bertz CT molecular complexity index is 1190. The fraction of sp³-hybridized carbons (Fsp3) is 0.286. The normalized spacial score (nSPS) is 13.8. The summed E-state index contributed by atoms with van der Waals surface area (Å²) in [5.41, 5.74) is 3.45. The van der Waals surface area contributed by atoms with Crippen molar-refractivity contribution in [3.63, 3.8) is 0 Å². The van der Waals surface area contributed by atoms with Gasteiger partial charge in [-0.3, -0.25) is 9.69 Å². The number of hydrogen-bond acceptors (Lipinski definition) is 3. The van der Waals surface area contributed by atoms with Gasteiger partial charge in [0.25, 0.3) is 5.91 Å². The van der Waals surface area contributed by atoms with Crippen molar-refractivity contribution in [2.45, 2.75) is 26.2 Å². The van der Waals surface area contributed by atoms with Crippen molar-refractivity contribution < 1.29 is 9.59 Å². The number of piperidine rings is 1. The van der Waals surface area contributed by atoms with E-state index < -0.39 is 0 Å². The summed E-state index contributed by atoms with van der Waals surface area (Å²) < 4.78 is 0. The molecule has 3 amide bonds. The van der Waals surface area contributed by atoms with E-state index in [4.69, 9.17) is 23.2 Å². The Morgan fingerprint density at radius 3 is 2.00 bits per heavy atom. The molecule has 0 atom stereocenters. The van der Waals surface area contributed by atoms with E-state index in [2.05, 4.69) is 15.5 Å². The highest BCUT2D eigenvalue weighted by Crippen LogP contribution is 2.24. The molecule has 3 aromatic rings. The number of carbonyl (C=O) groups is 2. The lowest BCUT2D eigenvalue weighted by atomic mass is 10.1. The zero-order chi connectivity index (χ0) is 25.5. The van der Waals surface area contributed by atoms with Gasteiger partial charge in [-0.05, 0) is 105 Å². The molecule has 0 saturated carbocycles. The van der Waals surface area contributed by atoms with Crippen LogP contribution < -0.4 is 15.5 Å². The molecule has 1 fully saturated rings. The Morgan fingerprint density at radius 2 is 1.42 bits per heavy atom. The number of nitrogens with zero attached hydrogens (tertiary/aromatic N) is 2. The van der Waals surface area contributed by atoms with E-state index in [1.807, 2.05) is 19.1 Å². The molecule has 2 N–H and O–H groups in total. The maximum Gasteiger partial charge on any atom is 0.326 e. The predicted molar refractivity (Wildman–Crippen MR) is 149 cm³/mol. The molecule has 36 heavy (non-hydrogen) atoms. The smallest absolute Gasteiger partial charge is 0.322 e. The van der Waals surface area contributed by atoms with Gasteiger partial charge in [0.15, 0.2) is 0 Å². The van der Waals surface area contributed by atoms with E-state index in [1.54, 1.807) is 59.5 Å². The van der Waals surface area contributed by atoms with E-state index in [1.165, 1.54) is 19.3 Å². The van der Waals surface area contributed by atoms with E-state index >= 15 is 0 Å². The first-order valence-corrected chi connectivity index (χ1v) is 12.9. The second kappa shape index (κ2) is 12.3. The third kappa shape index (κ3) is 7.00. The van der Waals surface area contributed by atoms with E-state index in [-0.39, 0.29) is 11.9 Å². The average Bonchev–Trinajstić information content (AvgIpc) is 2.88. The Hall–Kier alpha value is -3.06. The Kier molecular flexibility index (Phi) is 8.86. The van der Waals surface area contributed by atoms with Gasteiger partial charge in [-0.2, -0.15) is 0 Å². The highest BCUT2D eigenvalue weighted by Gasteiger charge is 2.21. The van der Waals surface area contributed by atoms with Gasteiger partial charge in [-0.25, -0.2) is 4.79 Å². The summed E-state index contributed by atoms with van der Waals surface area (Å²) in [6.45, 7) is 5.34. The number of hydrogen-bond donors (Lipinski definition) is 2. The molecule has 1 aliphatic rings. The molecule has 4 rings (SSSR count).